The molecule has 0 bridgehead atoms. The van der Waals surface area contributed by atoms with Crippen molar-refractivity contribution in [3.05, 3.63) is 29.6 Å². The Morgan fingerprint density at radius 2 is 2.14 bits per heavy atom. The molecular weight excluding hydrogens is 274 g/mol. The van der Waals surface area contributed by atoms with Crippen molar-refractivity contribution in [2.24, 2.45) is 7.05 Å². The molecule has 3 rings (SSSR count). The number of rotatable bonds is 3. The summed E-state index contributed by atoms with van der Waals surface area (Å²) in [6.07, 6.45) is 1.61. The molecule has 0 aliphatic heterocycles. The van der Waals surface area contributed by atoms with E-state index in [1.807, 2.05) is 0 Å². The normalized spacial score (nSPS) is 11.1. The number of nitrogens with zero attached hydrogens (tertiary/aromatic N) is 2. The number of ether oxygens (including phenoxy) is 1. The Hall–Kier alpha value is -2.83. The van der Waals surface area contributed by atoms with Crippen LogP contribution in [0.25, 0.3) is 21.8 Å². The van der Waals surface area contributed by atoms with E-state index in [1.54, 1.807) is 32.3 Å². The number of carbonyl (C=O) groups is 2. The number of benzene rings is 1. The van der Waals surface area contributed by atoms with Gasteiger partial charge < -0.3 is 14.4 Å². The molecule has 108 valence electrons. The van der Waals surface area contributed by atoms with E-state index in [9.17, 15) is 14.7 Å². The average Bonchev–Trinajstić information content (AvgIpc) is 3.00. The van der Waals surface area contributed by atoms with Crippen LogP contribution in [0.5, 0.6) is 0 Å². The van der Waals surface area contributed by atoms with Gasteiger partial charge in [-0.15, -0.1) is 0 Å². The first-order valence-corrected chi connectivity index (χ1v) is 6.41. The Labute approximate surface area is 119 Å². The number of esters is 1. The van der Waals surface area contributed by atoms with Crippen molar-refractivity contribution in [1.82, 2.24) is 14.8 Å². The minimum absolute atomic E-state index is 0.0740. The van der Waals surface area contributed by atoms with E-state index in [2.05, 4.69) is 10.2 Å². The van der Waals surface area contributed by atoms with Crippen LogP contribution < -0.4 is 0 Å². The maximum absolute atomic E-state index is 12.1. The second-order valence-corrected chi connectivity index (χ2v) is 4.60. The third-order valence-corrected chi connectivity index (χ3v) is 3.45. The number of aryl methyl sites for hydroxylation is 1. The fraction of sp³-hybridized carbons (Fsp3) is 0.214. The van der Waals surface area contributed by atoms with Crippen LogP contribution in [0.4, 0.5) is 0 Å². The number of nitrogens with one attached hydrogen (secondary N) is 1. The van der Waals surface area contributed by atoms with Gasteiger partial charge in [-0.3, -0.25) is 5.10 Å². The van der Waals surface area contributed by atoms with Crippen LogP contribution in [0.1, 0.15) is 27.8 Å². The lowest BCUT2D eigenvalue weighted by Gasteiger charge is -2.02. The molecule has 0 amide bonds. The minimum Gasteiger partial charge on any atom is -0.477 e. The summed E-state index contributed by atoms with van der Waals surface area (Å²) in [5.41, 5.74) is 1.40. The fourth-order valence-corrected chi connectivity index (χ4v) is 2.63. The monoisotopic (exact) mass is 287 g/mol. The number of fused-ring (bicyclic) bond motifs is 3. The third kappa shape index (κ3) is 1.78. The van der Waals surface area contributed by atoms with Gasteiger partial charge in [0.1, 0.15) is 11.3 Å². The van der Waals surface area contributed by atoms with Gasteiger partial charge in [-0.25, -0.2) is 9.59 Å². The van der Waals surface area contributed by atoms with Gasteiger partial charge in [0.05, 0.1) is 23.8 Å². The smallest absolute Gasteiger partial charge is 0.353 e. The van der Waals surface area contributed by atoms with Crippen LogP contribution in [-0.4, -0.2) is 38.4 Å². The number of aromatic amines is 1. The number of aromatic nitrogens is 3. The molecule has 0 saturated carbocycles. The summed E-state index contributed by atoms with van der Waals surface area (Å²) in [4.78, 5) is 23.7. The minimum atomic E-state index is -1.17. The van der Waals surface area contributed by atoms with Crippen LogP contribution in [-0.2, 0) is 11.8 Å². The maximum Gasteiger partial charge on any atom is 0.353 e. The highest BCUT2D eigenvalue weighted by Crippen LogP contribution is 2.31. The molecule has 0 atom stereocenters. The lowest BCUT2D eigenvalue weighted by molar-refractivity contribution is 0.0515. The zero-order valence-electron chi connectivity index (χ0n) is 11.5. The predicted molar refractivity (Wildman–Crippen MR) is 75.5 cm³/mol. The Morgan fingerprint density at radius 3 is 2.81 bits per heavy atom. The Bertz CT molecular complexity index is 875. The first-order valence-electron chi connectivity index (χ1n) is 6.41. The molecule has 2 N–H and O–H groups in total. The van der Waals surface area contributed by atoms with Gasteiger partial charge in [-0.1, -0.05) is 0 Å². The second kappa shape index (κ2) is 4.62. The summed E-state index contributed by atoms with van der Waals surface area (Å²) in [6, 6.07) is 3.47. The van der Waals surface area contributed by atoms with Crippen LogP contribution in [0, 0.1) is 0 Å². The molecule has 0 saturated heterocycles. The number of hydrogen-bond donors (Lipinski definition) is 2. The lowest BCUT2D eigenvalue weighted by Crippen LogP contribution is -2.13. The molecule has 2 aromatic heterocycles. The summed E-state index contributed by atoms with van der Waals surface area (Å²) in [5, 5.41) is 17.5. The molecule has 3 aromatic rings. The Balaban J connectivity index is 2.46. The van der Waals surface area contributed by atoms with Crippen LogP contribution in [0.15, 0.2) is 18.3 Å². The standard InChI is InChI=1S/C14H13N3O4/c1-3-21-14(20)10-7-4-5-9-8(6-15-16-9)11(7)17(2)12(10)13(18)19/h4-6H,3H2,1-2H3,(H,15,16)(H,18,19). The lowest BCUT2D eigenvalue weighted by atomic mass is 10.1. The molecule has 0 spiro atoms. The topological polar surface area (TPSA) is 97.2 Å². The number of carboxylic acid groups (broad SMARTS) is 1. The van der Waals surface area contributed by atoms with Crippen LogP contribution >= 0.6 is 0 Å². The van der Waals surface area contributed by atoms with Crippen molar-refractivity contribution in [2.45, 2.75) is 6.92 Å². The molecule has 1 aromatic carbocycles. The van der Waals surface area contributed by atoms with Gasteiger partial charge >= 0.3 is 11.9 Å². The summed E-state index contributed by atoms with van der Waals surface area (Å²) >= 11 is 0. The van der Waals surface area contributed by atoms with E-state index in [-0.39, 0.29) is 17.9 Å². The third-order valence-electron chi connectivity index (χ3n) is 3.45. The largest absolute Gasteiger partial charge is 0.477 e. The van der Waals surface area contributed by atoms with Crippen molar-refractivity contribution >= 4 is 33.7 Å². The van der Waals surface area contributed by atoms with Crippen molar-refractivity contribution < 1.29 is 19.4 Å². The van der Waals surface area contributed by atoms with Crippen molar-refractivity contribution in [2.75, 3.05) is 6.61 Å². The van der Waals surface area contributed by atoms with Crippen molar-refractivity contribution in [1.29, 1.82) is 0 Å². The maximum atomic E-state index is 12.1. The Morgan fingerprint density at radius 1 is 1.38 bits per heavy atom. The predicted octanol–water partition coefficient (Wildman–Crippen LogP) is 1.93. The highest BCUT2D eigenvalue weighted by Gasteiger charge is 2.27. The van der Waals surface area contributed by atoms with E-state index in [0.717, 1.165) is 10.9 Å². The first-order chi connectivity index (χ1) is 10.1. The van der Waals surface area contributed by atoms with Gasteiger partial charge in [-0.2, -0.15) is 5.10 Å². The van der Waals surface area contributed by atoms with Gasteiger partial charge in [0.25, 0.3) is 0 Å². The SMILES string of the molecule is CCOC(=O)c1c(C(=O)O)n(C)c2c1ccc1[nH]ncc12. The molecule has 0 aliphatic carbocycles. The van der Waals surface area contributed by atoms with Crippen LogP contribution in [0.2, 0.25) is 0 Å². The molecule has 7 heteroatoms. The highest BCUT2D eigenvalue weighted by atomic mass is 16.5. The molecule has 0 aliphatic rings. The molecule has 2 heterocycles. The fourth-order valence-electron chi connectivity index (χ4n) is 2.63. The van der Waals surface area contributed by atoms with Gasteiger partial charge in [0, 0.05) is 17.8 Å². The second-order valence-electron chi connectivity index (χ2n) is 4.60. The average molecular weight is 287 g/mol. The molecule has 0 radical (unpaired) electrons. The molecule has 0 unspecified atom stereocenters. The highest BCUT2D eigenvalue weighted by molar-refractivity contribution is 6.18. The van der Waals surface area contributed by atoms with E-state index in [0.29, 0.717) is 10.9 Å². The number of carbonyl (C=O) groups excluding carboxylic acids is 1. The van der Waals surface area contributed by atoms with Gasteiger partial charge in [0.2, 0.25) is 0 Å². The van der Waals surface area contributed by atoms with E-state index in [4.69, 9.17) is 4.74 Å². The quantitative estimate of drug-likeness (QED) is 0.717. The summed E-state index contributed by atoms with van der Waals surface area (Å²) in [5.74, 6) is -1.81. The van der Waals surface area contributed by atoms with Gasteiger partial charge in [0.15, 0.2) is 0 Å². The summed E-state index contributed by atoms with van der Waals surface area (Å²) in [6.45, 7) is 1.86. The molecule has 0 fully saturated rings. The van der Waals surface area contributed by atoms with Crippen molar-refractivity contribution in [3.63, 3.8) is 0 Å². The van der Waals surface area contributed by atoms with E-state index < -0.39 is 11.9 Å². The Kier molecular flexibility index (Phi) is 2.90. The van der Waals surface area contributed by atoms with Crippen molar-refractivity contribution in [3.8, 4) is 0 Å². The summed E-state index contributed by atoms with van der Waals surface area (Å²) in [7, 11) is 1.61. The van der Waals surface area contributed by atoms with E-state index in [1.165, 1.54) is 4.57 Å². The molecule has 21 heavy (non-hydrogen) atoms. The zero-order chi connectivity index (χ0) is 15.1. The zero-order valence-corrected chi connectivity index (χ0v) is 11.5. The number of aromatic carboxylic acids is 1. The number of H-pyrrole nitrogens is 1. The van der Waals surface area contributed by atoms with Gasteiger partial charge in [-0.05, 0) is 19.1 Å². The number of carboxylic acids is 1. The first kappa shape index (κ1) is 13.2. The van der Waals surface area contributed by atoms with E-state index >= 15 is 0 Å². The molecular formula is C14H13N3O4. The van der Waals surface area contributed by atoms with Crippen LogP contribution in [0.3, 0.4) is 0 Å². The number of hydrogen-bond acceptors (Lipinski definition) is 4. The summed E-state index contributed by atoms with van der Waals surface area (Å²) < 4.78 is 6.48. The molecule has 7 nitrogen and oxygen atoms in total.